The van der Waals surface area contributed by atoms with Gasteiger partial charge in [0.1, 0.15) is 0 Å². The van der Waals surface area contributed by atoms with Crippen LogP contribution in [0.2, 0.25) is 0 Å². The maximum atomic E-state index is 13.1. The Kier molecular flexibility index (Phi) is 3.92. The van der Waals surface area contributed by atoms with Crippen LogP contribution >= 0.6 is 0 Å². The molecule has 0 saturated heterocycles. The number of hydrogen-bond donors (Lipinski definition) is 2. The average molecular weight is 318 g/mol. The molecule has 0 spiro atoms. The van der Waals surface area contributed by atoms with E-state index < -0.39 is 17.4 Å². The van der Waals surface area contributed by atoms with Gasteiger partial charge in [-0.25, -0.2) is 13.6 Å². The van der Waals surface area contributed by atoms with Gasteiger partial charge in [0.15, 0.2) is 17.2 Å². The number of benzene rings is 2. The van der Waals surface area contributed by atoms with Crippen LogP contribution in [0.5, 0.6) is 0 Å². The van der Waals surface area contributed by atoms with Crippen molar-refractivity contribution in [3.63, 3.8) is 0 Å². The van der Waals surface area contributed by atoms with Crippen LogP contribution in [-0.4, -0.2) is 10.9 Å². The van der Waals surface area contributed by atoms with Gasteiger partial charge in [0.25, 0.3) is 0 Å². The highest BCUT2D eigenvalue weighted by molar-refractivity contribution is 5.90. The zero-order valence-electron chi connectivity index (χ0n) is 11.9. The monoisotopic (exact) mass is 318 g/mol. The molecule has 3 aromatic rings. The molecule has 23 heavy (non-hydrogen) atoms. The lowest BCUT2D eigenvalue weighted by Crippen LogP contribution is -2.12. The molecule has 3 rings (SSSR count). The fourth-order valence-corrected chi connectivity index (χ4v) is 2.21. The van der Waals surface area contributed by atoms with Crippen molar-refractivity contribution in [3.8, 4) is 0 Å². The highest BCUT2D eigenvalue weighted by atomic mass is 19.2. The van der Waals surface area contributed by atoms with E-state index in [0.717, 1.165) is 17.7 Å². The lowest BCUT2D eigenvalue weighted by molar-refractivity contribution is -0.116. The third kappa shape index (κ3) is 3.45. The van der Waals surface area contributed by atoms with Crippen molar-refractivity contribution in [2.24, 2.45) is 0 Å². The summed E-state index contributed by atoms with van der Waals surface area (Å²) in [5.41, 5.74) is 2.05. The predicted molar refractivity (Wildman–Crippen MR) is 80.1 cm³/mol. The van der Waals surface area contributed by atoms with Crippen LogP contribution in [0.15, 0.2) is 45.6 Å². The SMILES string of the molecule is O=C(CCc1ccc2oc(=O)[nH]c2c1)Nc1ccc(F)c(F)c1. The molecule has 0 unspecified atom stereocenters. The van der Waals surface area contributed by atoms with Gasteiger partial charge in [0.2, 0.25) is 5.91 Å². The minimum atomic E-state index is -1.02. The number of aryl methyl sites for hydroxylation is 1. The van der Waals surface area contributed by atoms with Gasteiger partial charge in [0.05, 0.1) is 5.52 Å². The summed E-state index contributed by atoms with van der Waals surface area (Å²) in [6, 6.07) is 8.30. The summed E-state index contributed by atoms with van der Waals surface area (Å²) in [5, 5.41) is 2.50. The Labute approximate surface area is 128 Å². The van der Waals surface area contributed by atoms with E-state index in [1.165, 1.54) is 6.07 Å². The van der Waals surface area contributed by atoms with E-state index in [4.69, 9.17) is 4.42 Å². The third-order valence-electron chi connectivity index (χ3n) is 3.33. The van der Waals surface area contributed by atoms with Crippen molar-refractivity contribution in [2.45, 2.75) is 12.8 Å². The molecule has 5 nitrogen and oxygen atoms in total. The smallest absolute Gasteiger partial charge is 0.408 e. The molecule has 1 heterocycles. The Morgan fingerprint density at radius 1 is 1.13 bits per heavy atom. The molecule has 1 amide bonds. The van der Waals surface area contributed by atoms with Crippen molar-refractivity contribution in [3.05, 3.63) is 64.1 Å². The average Bonchev–Trinajstić information content (AvgIpc) is 2.88. The number of carbonyl (C=O) groups is 1. The van der Waals surface area contributed by atoms with Crippen molar-refractivity contribution in [2.75, 3.05) is 5.32 Å². The predicted octanol–water partition coefficient (Wildman–Crippen LogP) is 2.97. The minimum absolute atomic E-state index is 0.159. The van der Waals surface area contributed by atoms with Crippen LogP contribution in [0, 0.1) is 11.6 Å². The Bertz CT molecular complexity index is 930. The first-order valence-electron chi connectivity index (χ1n) is 6.88. The standard InChI is InChI=1S/C16H12F2N2O3/c17-11-4-3-10(8-12(11)18)19-15(21)6-2-9-1-5-14-13(7-9)20-16(22)23-14/h1,3-5,7-8H,2,6H2,(H,19,21)(H,20,22). The topological polar surface area (TPSA) is 75.1 Å². The summed E-state index contributed by atoms with van der Waals surface area (Å²) in [6.45, 7) is 0. The van der Waals surface area contributed by atoms with Crippen LogP contribution in [0.25, 0.3) is 11.1 Å². The summed E-state index contributed by atoms with van der Waals surface area (Å²) in [5.74, 6) is -2.84. The zero-order chi connectivity index (χ0) is 16.4. The van der Waals surface area contributed by atoms with Crippen molar-refractivity contribution in [1.29, 1.82) is 0 Å². The maximum Gasteiger partial charge on any atom is 0.417 e. The van der Waals surface area contributed by atoms with E-state index in [9.17, 15) is 18.4 Å². The fourth-order valence-electron chi connectivity index (χ4n) is 2.21. The summed E-state index contributed by atoms with van der Waals surface area (Å²) >= 11 is 0. The second kappa shape index (κ2) is 6.04. The number of H-pyrrole nitrogens is 1. The quantitative estimate of drug-likeness (QED) is 0.776. The van der Waals surface area contributed by atoms with Gasteiger partial charge in [-0.05, 0) is 36.2 Å². The molecular weight excluding hydrogens is 306 g/mol. The molecule has 0 atom stereocenters. The number of oxazole rings is 1. The molecule has 118 valence electrons. The molecule has 0 aliphatic rings. The Hall–Kier alpha value is -2.96. The van der Waals surface area contributed by atoms with Gasteiger partial charge in [-0.2, -0.15) is 0 Å². The molecule has 2 N–H and O–H groups in total. The summed E-state index contributed by atoms with van der Waals surface area (Å²) in [4.78, 5) is 25.5. The number of fused-ring (bicyclic) bond motifs is 1. The zero-order valence-corrected chi connectivity index (χ0v) is 11.9. The number of carbonyl (C=O) groups excluding carboxylic acids is 1. The number of halogens is 2. The number of amides is 1. The first-order valence-corrected chi connectivity index (χ1v) is 6.88. The maximum absolute atomic E-state index is 13.1. The first-order chi connectivity index (χ1) is 11.0. The van der Waals surface area contributed by atoms with E-state index >= 15 is 0 Å². The minimum Gasteiger partial charge on any atom is -0.408 e. The van der Waals surface area contributed by atoms with Crippen LogP contribution in [-0.2, 0) is 11.2 Å². The number of anilines is 1. The largest absolute Gasteiger partial charge is 0.417 e. The van der Waals surface area contributed by atoms with Gasteiger partial charge in [-0.3, -0.25) is 9.78 Å². The normalized spacial score (nSPS) is 10.9. The molecule has 0 bridgehead atoms. The van der Waals surface area contributed by atoms with Crippen LogP contribution in [0.4, 0.5) is 14.5 Å². The number of aromatic amines is 1. The van der Waals surface area contributed by atoms with E-state index in [-0.39, 0.29) is 18.0 Å². The lowest BCUT2D eigenvalue weighted by atomic mass is 10.1. The summed E-state index contributed by atoms with van der Waals surface area (Å²) in [7, 11) is 0. The number of rotatable bonds is 4. The van der Waals surface area contributed by atoms with Crippen LogP contribution < -0.4 is 11.1 Å². The molecule has 0 saturated carbocycles. The number of hydrogen-bond acceptors (Lipinski definition) is 3. The van der Waals surface area contributed by atoms with Gasteiger partial charge >= 0.3 is 5.76 Å². The Morgan fingerprint density at radius 2 is 1.96 bits per heavy atom. The molecular formula is C16H12F2N2O3. The summed E-state index contributed by atoms with van der Waals surface area (Å²) < 4.78 is 30.8. The molecule has 0 aliphatic carbocycles. The molecule has 0 aliphatic heterocycles. The van der Waals surface area contributed by atoms with Crippen LogP contribution in [0.1, 0.15) is 12.0 Å². The van der Waals surface area contributed by atoms with Crippen molar-refractivity contribution < 1.29 is 18.0 Å². The number of nitrogens with one attached hydrogen (secondary N) is 2. The Balaban J connectivity index is 1.63. The molecule has 7 heteroatoms. The Morgan fingerprint density at radius 3 is 2.74 bits per heavy atom. The van der Waals surface area contributed by atoms with Gasteiger partial charge < -0.3 is 9.73 Å². The highest BCUT2D eigenvalue weighted by Crippen LogP contribution is 2.15. The van der Waals surface area contributed by atoms with E-state index in [1.54, 1.807) is 18.2 Å². The lowest BCUT2D eigenvalue weighted by Gasteiger charge is -2.06. The van der Waals surface area contributed by atoms with Crippen molar-refractivity contribution >= 4 is 22.7 Å². The molecule has 2 aromatic carbocycles. The third-order valence-corrected chi connectivity index (χ3v) is 3.33. The number of aromatic nitrogens is 1. The van der Waals surface area contributed by atoms with E-state index in [2.05, 4.69) is 10.3 Å². The van der Waals surface area contributed by atoms with Gasteiger partial charge in [-0.1, -0.05) is 6.07 Å². The molecule has 0 radical (unpaired) electrons. The van der Waals surface area contributed by atoms with Crippen molar-refractivity contribution in [1.82, 2.24) is 4.98 Å². The molecule has 1 aromatic heterocycles. The van der Waals surface area contributed by atoms with Gasteiger partial charge in [0, 0.05) is 18.2 Å². The van der Waals surface area contributed by atoms with E-state index in [1.807, 2.05) is 0 Å². The first kappa shape index (κ1) is 15.0. The summed E-state index contributed by atoms with van der Waals surface area (Å²) in [6.07, 6.45) is 0.589. The highest BCUT2D eigenvalue weighted by Gasteiger charge is 2.08. The van der Waals surface area contributed by atoms with Crippen LogP contribution in [0.3, 0.4) is 0 Å². The van der Waals surface area contributed by atoms with E-state index in [0.29, 0.717) is 17.5 Å². The second-order valence-electron chi connectivity index (χ2n) is 5.02. The molecule has 0 fully saturated rings. The second-order valence-corrected chi connectivity index (χ2v) is 5.02. The van der Waals surface area contributed by atoms with Gasteiger partial charge in [-0.15, -0.1) is 0 Å². The fraction of sp³-hybridized carbons (Fsp3) is 0.125.